The summed E-state index contributed by atoms with van der Waals surface area (Å²) < 4.78 is 6.02. The van der Waals surface area contributed by atoms with Crippen molar-refractivity contribution in [2.75, 3.05) is 68.5 Å². The topological polar surface area (TPSA) is 199 Å². The molecule has 4 aromatic heterocycles. The Balaban J connectivity index is 0.888. The summed E-state index contributed by atoms with van der Waals surface area (Å²) in [6.45, 7) is 6.50. The van der Waals surface area contributed by atoms with Crippen LogP contribution in [0.5, 0.6) is 0 Å². The lowest BCUT2D eigenvalue weighted by Gasteiger charge is -2.32. The number of hydrogen-bond acceptors (Lipinski definition) is 13. The Labute approximate surface area is 411 Å². The van der Waals surface area contributed by atoms with E-state index in [1.165, 1.54) is 5.56 Å². The van der Waals surface area contributed by atoms with Gasteiger partial charge in [0, 0.05) is 90.8 Å². The van der Waals surface area contributed by atoms with E-state index in [0.29, 0.717) is 86.8 Å². The molecule has 2 aliphatic heterocycles. The molecule has 0 aliphatic carbocycles. The van der Waals surface area contributed by atoms with Crippen molar-refractivity contribution in [1.82, 2.24) is 44.8 Å². The highest BCUT2D eigenvalue weighted by Crippen LogP contribution is 2.38. The van der Waals surface area contributed by atoms with Gasteiger partial charge < -0.3 is 41.0 Å². The number of benzene rings is 3. The van der Waals surface area contributed by atoms with E-state index in [-0.39, 0.29) is 30.3 Å². The number of carbonyl (C=O) groups is 2. The van der Waals surface area contributed by atoms with Gasteiger partial charge in [-0.2, -0.15) is 0 Å². The number of halogens is 2. The van der Waals surface area contributed by atoms with Crippen molar-refractivity contribution >= 4 is 69.2 Å². The zero-order valence-corrected chi connectivity index (χ0v) is 40.6. The molecule has 0 radical (unpaired) electrons. The van der Waals surface area contributed by atoms with Crippen LogP contribution in [-0.4, -0.2) is 115 Å². The molecular weight excluding hydrogens is 914 g/mol. The largest absolute Gasteiger partial charge is 0.399 e. The molecule has 2 amide bonds. The number of nitrogen functional groups attached to an aromatic ring is 1. The molecule has 358 valence electrons. The first-order valence-electron chi connectivity index (χ1n) is 23.5. The van der Waals surface area contributed by atoms with Gasteiger partial charge in [0.1, 0.15) is 0 Å². The van der Waals surface area contributed by atoms with Gasteiger partial charge >= 0.3 is 0 Å². The molecule has 2 aliphatic rings. The smallest absolute Gasteiger partial charge is 0.253 e. The molecule has 69 heavy (non-hydrogen) atoms. The van der Waals surface area contributed by atoms with Crippen LogP contribution in [0.4, 0.5) is 23.3 Å². The Morgan fingerprint density at radius 3 is 2.30 bits per heavy atom. The van der Waals surface area contributed by atoms with Gasteiger partial charge in [-0.15, -0.1) is 0 Å². The third-order valence-electron chi connectivity index (χ3n) is 12.9. The van der Waals surface area contributed by atoms with Crippen LogP contribution in [0.15, 0.2) is 89.7 Å². The number of H-pyrrole nitrogens is 1. The van der Waals surface area contributed by atoms with E-state index in [1.807, 2.05) is 68.5 Å². The maximum absolute atomic E-state index is 13.1. The van der Waals surface area contributed by atoms with Gasteiger partial charge in [-0.25, -0.2) is 19.9 Å². The predicted molar refractivity (Wildman–Crippen MR) is 273 cm³/mol. The van der Waals surface area contributed by atoms with Crippen LogP contribution >= 0.6 is 23.2 Å². The number of aromatic amines is 1. The number of hydrogen-bond donors (Lipinski definition) is 5. The number of aryl methyl sites for hydroxylation is 1. The first-order chi connectivity index (χ1) is 33.4. The van der Waals surface area contributed by atoms with E-state index in [1.54, 1.807) is 30.5 Å². The molecule has 0 unspecified atom stereocenters. The summed E-state index contributed by atoms with van der Waals surface area (Å²) in [5.41, 5.74) is 13.8. The van der Waals surface area contributed by atoms with Crippen molar-refractivity contribution < 1.29 is 14.1 Å². The minimum Gasteiger partial charge on any atom is -0.399 e. The molecule has 16 nitrogen and oxygen atoms in total. The molecule has 6 N–H and O–H groups in total. The lowest BCUT2D eigenvalue weighted by molar-refractivity contribution is -0.116. The monoisotopic (exact) mass is 969 g/mol. The number of nitrogens with zero attached hydrogens (tertiary/aromatic N) is 8. The second-order valence-corrected chi connectivity index (χ2v) is 19.0. The van der Waals surface area contributed by atoms with Crippen LogP contribution in [0.2, 0.25) is 10.0 Å². The fourth-order valence-electron chi connectivity index (χ4n) is 9.09. The zero-order chi connectivity index (χ0) is 48.0. The van der Waals surface area contributed by atoms with Crippen LogP contribution in [-0.2, 0) is 17.8 Å². The number of likely N-dealkylation sites (tertiary alicyclic amines) is 2. The molecule has 3 aromatic carbocycles. The maximum Gasteiger partial charge on any atom is 0.253 e. The first-order valence-corrected chi connectivity index (χ1v) is 24.2. The average Bonchev–Trinajstić information content (AvgIpc) is 3.94. The van der Waals surface area contributed by atoms with Crippen molar-refractivity contribution in [3.8, 4) is 22.5 Å². The van der Waals surface area contributed by atoms with E-state index < -0.39 is 0 Å². The molecule has 2 fully saturated rings. The minimum atomic E-state index is -0.0134. The van der Waals surface area contributed by atoms with Crippen LogP contribution in [0, 0.1) is 6.92 Å². The third-order valence-corrected chi connectivity index (χ3v) is 13.5. The van der Waals surface area contributed by atoms with Gasteiger partial charge in [0.15, 0.2) is 5.76 Å². The summed E-state index contributed by atoms with van der Waals surface area (Å²) in [6, 6.07) is 23.4. The number of aromatic nitrogens is 6. The highest BCUT2D eigenvalue weighted by Gasteiger charge is 2.28. The van der Waals surface area contributed by atoms with Gasteiger partial charge in [0.25, 0.3) is 5.91 Å². The number of piperidine rings is 2. The number of amides is 2. The second-order valence-electron chi connectivity index (χ2n) is 18.2. The van der Waals surface area contributed by atoms with Crippen molar-refractivity contribution in [3.63, 3.8) is 0 Å². The van der Waals surface area contributed by atoms with Gasteiger partial charge in [-0.1, -0.05) is 58.7 Å². The fourth-order valence-corrected chi connectivity index (χ4v) is 9.53. The van der Waals surface area contributed by atoms with Crippen molar-refractivity contribution in [2.45, 2.75) is 70.5 Å². The molecular formula is C51H57Cl2N13O3. The highest BCUT2D eigenvalue weighted by atomic mass is 35.5. The van der Waals surface area contributed by atoms with Crippen LogP contribution in [0.25, 0.3) is 33.4 Å². The summed E-state index contributed by atoms with van der Waals surface area (Å²) in [4.78, 5) is 54.8. The summed E-state index contributed by atoms with van der Waals surface area (Å²) in [7, 11) is 4.02. The molecule has 0 spiro atoms. The standard InChI is InChI=1S/C51H57Cl2N13O3/c1-31-45(48-40(52)29-56-50(62-48)58-37-20-25-66(26-21-37)49(68)33-12-14-34(54)15-13-33)43(69-63-31)27-42-46(53)47(39-28-55-41-8-5-4-7-38(39)41)61-51(60-42)59-36-18-23-65(24-19-36)30-32-10-16-35(17-11-32)57-44(67)9-6-22-64(2)3/h4-5,7-8,10-17,28-29,36-37,55H,6,9,18-27,30,54H2,1-3H3,(H,57,67)(H,56,58,62)(H,59,60,61). The van der Waals surface area contributed by atoms with E-state index in [0.717, 1.165) is 80.4 Å². The van der Waals surface area contributed by atoms with Gasteiger partial charge in [-0.3, -0.25) is 14.5 Å². The van der Waals surface area contributed by atoms with E-state index in [4.69, 9.17) is 48.4 Å². The van der Waals surface area contributed by atoms with Crippen molar-refractivity contribution in [2.24, 2.45) is 0 Å². The Morgan fingerprint density at radius 1 is 0.870 bits per heavy atom. The minimum absolute atomic E-state index is 0.0134. The van der Waals surface area contributed by atoms with Gasteiger partial charge in [-0.05, 0) is 108 Å². The molecule has 7 aromatic rings. The van der Waals surface area contributed by atoms with Gasteiger partial charge in [0.05, 0.1) is 51.0 Å². The third kappa shape index (κ3) is 11.5. The van der Waals surface area contributed by atoms with Crippen LogP contribution in [0.3, 0.4) is 0 Å². The number of anilines is 4. The molecule has 6 heterocycles. The number of rotatable bonds is 16. The Bertz CT molecular complexity index is 2910. The fraction of sp³-hybridized carbons (Fsp3) is 0.353. The van der Waals surface area contributed by atoms with Crippen LogP contribution < -0.4 is 21.7 Å². The molecule has 0 bridgehead atoms. The summed E-state index contributed by atoms with van der Waals surface area (Å²) in [5.74, 6) is 1.40. The predicted octanol–water partition coefficient (Wildman–Crippen LogP) is 8.93. The van der Waals surface area contributed by atoms with E-state index in [9.17, 15) is 9.59 Å². The molecule has 0 atom stereocenters. The number of nitrogens with two attached hydrogens (primary N) is 1. The van der Waals surface area contributed by atoms with E-state index in [2.05, 4.69) is 53.0 Å². The Hall–Kier alpha value is -6.59. The maximum atomic E-state index is 13.1. The van der Waals surface area contributed by atoms with Crippen LogP contribution in [0.1, 0.15) is 71.6 Å². The summed E-state index contributed by atoms with van der Waals surface area (Å²) >= 11 is 14.2. The Kier molecular flexibility index (Phi) is 14.7. The summed E-state index contributed by atoms with van der Waals surface area (Å²) in [6.07, 6.45) is 8.22. The molecule has 2 saturated heterocycles. The van der Waals surface area contributed by atoms with E-state index >= 15 is 0 Å². The summed E-state index contributed by atoms with van der Waals surface area (Å²) in [5, 5.41) is 16.2. The SMILES string of the molecule is Cc1noc(Cc2nc(NC3CCN(Cc4ccc(NC(=O)CCCN(C)C)cc4)CC3)nc(-c3c[nH]c4ccccc34)c2Cl)c1-c1nc(NC2CCN(C(=O)c3ccc(N)cc3)CC2)ncc1Cl. The molecule has 9 rings (SSSR count). The average molecular weight is 971 g/mol. The zero-order valence-electron chi connectivity index (χ0n) is 39.1. The second kappa shape index (κ2) is 21.4. The van der Waals surface area contributed by atoms with Gasteiger partial charge in [0.2, 0.25) is 17.8 Å². The number of nitrogens with one attached hydrogen (secondary N) is 4. The molecule has 0 saturated carbocycles. The first kappa shape index (κ1) is 47.5. The quantitative estimate of drug-likeness (QED) is 0.0576. The number of para-hydroxylation sites is 1. The number of fused-ring (bicyclic) bond motifs is 1. The lowest BCUT2D eigenvalue weighted by Crippen LogP contribution is -2.42. The Morgan fingerprint density at radius 2 is 1.57 bits per heavy atom. The lowest BCUT2D eigenvalue weighted by atomic mass is 10.0. The molecule has 18 heteroatoms. The number of carbonyl (C=O) groups excluding carboxylic acids is 2. The van der Waals surface area contributed by atoms with Crippen molar-refractivity contribution in [1.29, 1.82) is 0 Å². The normalized spacial score (nSPS) is 15.0. The highest BCUT2D eigenvalue weighted by molar-refractivity contribution is 6.34. The van der Waals surface area contributed by atoms with Crippen molar-refractivity contribution in [3.05, 3.63) is 124 Å².